The average molecular weight is 250 g/mol. The van der Waals surface area contributed by atoms with Gasteiger partial charge in [0, 0.05) is 13.1 Å². The lowest BCUT2D eigenvalue weighted by Gasteiger charge is -2.29. The number of hydrogen-bond donors (Lipinski definition) is 2. The number of rotatable bonds is 3. The molecule has 0 radical (unpaired) electrons. The molecule has 98 valence electrons. The second kappa shape index (κ2) is 6.37. The van der Waals surface area contributed by atoms with Crippen LogP contribution in [-0.4, -0.2) is 48.9 Å². The van der Waals surface area contributed by atoms with Crippen LogP contribution in [0, 0.1) is 0 Å². The third kappa shape index (κ3) is 3.21. The molecule has 5 heteroatoms. The lowest BCUT2D eigenvalue weighted by molar-refractivity contribution is 0.0518. The number of amides is 2. The Balaban J connectivity index is 1.95. The normalized spacial score (nSPS) is 17.3. The van der Waals surface area contributed by atoms with Crippen LogP contribution in [0.5, 0.6) is 0 Å². The molecule has 1 atom stereocenters. The molecule has 2 rings (SSSR count). The molecular weight excluding hydrogens is 232 g/mol. The minimum absolute atomic E-state index is 0.111. The number of nitrogens with one attached hydrogen (secondary N) is 1. The third-order valence-electron chi connectivity index (χ3n) is 2.98. The van der Waals surface area contributed by atoms with Crippen LogP contribution >= 0.6 is 0 Å². The molecule has 18 heavy (non-hydrogen) atoms. The molecule has 1 aromatic carbocycles. The van der Waals surface area contributed by atoms with Crippen molar-refractivity contribution in [2.24, 2.45) is 0 Å². The van der Waals surface area contributed by atoms with Crippen LogP contribution in [-0.2, 0) is 4.74 Å². The number of carbonyl (C=O) groups excluding carboxylic acids is 1. The zero-order chi connectivity index (χ0) is 12.8. The van der Waals surface area contributed by atoms with Crippen molar-refractivity contribution in [1.82, 2.24) is 10.2 Å². The monoisotopic (exact) mass is 250 g/mol. The van der Waals surface area contributed by atoms with E-state index >= 15 is 0 Å². The number of nitrogens with zero attached hydrogens (tertiary/aromatic N) is 1. The molecule has 0 spiro atoms. The predicted octanol–water partition coefficient (Wildman–Crippen LogP) is 0.762. The molecule has 1 aliphatic rings. The number of aliphatic hydroxyl groups excluding tert-OH is 1. The highest BCUT2D eigenvalue weighted by atomic mass is 16.5. The Bertz CT molecular complexity index is 377. The van der Waals surface area contributed by atoms with Crippen molar-refractivity contribution in [3.63, 3.8) is 0 Å². The number of ether oxygens (including phenoxy) is 1. The fourth-order valence-corrected chi connectivity index (χ4v) is 1.93. The van der Waals surface area contributed by atoms with Gasteiger partial charge in [0.05, 0.1) is 25.9 Å². The highest BCUT2D eigenvalue weighted by Crippen LogP contribution is 2.12. The molecule has 0 aromatic heterocycles. The third-order valence-corrected chi connectivity index (χ3v) is 2.98. The predicted molar refractivity (Wildman–Crippen MR) is 67.2 cm³/mol. The summed E-state index contributed by atoms with van der Waals surface area (Å²) in [6.45, 7) is 2.22. The van der Waals surface area contributed by atoms with E-state index in [1.807, 2.05) is 30.3 Å². The summed E-state index contributed by atoms with van der Waals surface area (Å²) in [7, 11) is 0. The average Bonchev–Trinajstić information content (AvgIpc) is 2.46. The molecule has 1 aliphatic heterocycles. The van der Waals surface area contributed by atoms with Crippen LogP contribution in [0.3, 0.4) is 0 Å². The molecular formula is C13H18N2O3. The van der Waals surface area contributed by atoms with E-state index in [1.54, 1.807) is 4.90 Å². The lowest BCUT2D eigenvalue weighted by atomic mass is 10.1. The van der Waals surface area contributed by atoms with Gasteiger partial charge in [0.25, 0.3) is 0 Å². The Morgan fingerprint density at radius 2 is 2.00 bits per heavy atom. The van der Waals surface area contributed by atoms with Crippen molar-refractivity contribution in [3.8, 4) is 0 Å². The first kappa shape index (κ1) is 12.9. The van der Waals surface area contributed by atoms with Gasteiger partial charge >= 0.3 is 6.03 Å². The molecule has 0 saturated carbocycles. The van der Waals surface area contributed by atoms with Gasteiger partial charge in [-0.3, -0.25) is 0 Å². The zero-order valence-electron chi connectivity index (χ0n) is 10.2. The van der Waals surface area contributed by atoms with Crippen LogP contribution in [0.25, 0.3) is 0 Å². The topological polar surface area (TPSA) is 61.8 Å². The van der Waals surface area contributed by atoms with Gasteiger partial charge in [-0.2, -0.15) is 0 Å². The van der Waals surface area contributed by atoms with Crippen LogP contribution in [0.4, 0.5) is 4.79 Å². The van der Waals surface area contributed by atoms with E-state index in [4.69, 9.17) is 4.74 Å². The molecule has 0 aliphatic carbocycles. The van der Waals surface area contributed by atoms with Crippen molar-refractivity contribution >= 4 is 6.03 Å². The van der Waals surface area contributed by atoms with E-state index in [-0.39, 0.29) is 18.7 Å². The van der Waals surface area contributed by atoms with Crippen LogP contribution < -0.4 is 5.32 Å². The second-order valence-corrected chi connectivity index (χ2v) is 4.19. The van der Waals surface area contributed by atoms with Gasteiger partial charge in [-0.1, -0.05) is 30.3 Å². The Morgan fingerprint density at radius 3 is 2.61 bits per heavy atom. The van der Waals surface area contributed by atoms with E-state index in [0.717, 1.165) is 5.56 Å². The number of benzene rings is 1. The number of hydrogen-bond acceptors (Lipinski definition) is 3. The Hall–Kier alpha value is -1.59. The first-order chi connectivity index (χ1) is 8.81. The summed E-state index contributed by atoms with van der Waals surface area (Å²) in [6.07, 6.45) is 0. The van der Waals surface area contributed by atoms with Gasteiger partial charge < -0.3 is 20.1 Å². The van der Waals surface area contributed by atoms with Crippen molar-refractivity contribution < 1.29 is 14.6 Å². The van der Waals surface area contributed by atoms with Crippen molar-refractivity contribution in [2.75, 3.05) is 32.9 Å². The quantitative estimate of drug-likeness (QED) is 0.832. The molecule has 2 N–H and O–H groups in total. The van der Waals surface area contributed by atoms with Gasteiger partial charge in [-0.25, -0.2) is 4.79 Å². The van der Waals surface area contributed by atoms with Crippen LogP contribution in [0.1, 0.15) is 11.6 Å². The minimum Gasteiger partial charge on any atom is -0.394 e. The van der Waals surface area contributed by atoms with Crippen molar-refractivity contribution in [1.29, 1.82) is 0 Å². The Kier molecular flexibility index (Phi) is 4.55. The standard InChI is InChI=1S/C13H18N2O3/c16-10-12(11-4-2-1-3-5-11)14-13(17)15-6-8-18-9-7-15/h1-5,12,16H,6-10H2,(H,14,17). The van der Waals surface area contributed by atoms with Crippen LogP contribution in [0.2, 0.25) is 0 Å². The summed E-state index contributed by atoms with van der Waals surface area (Å²) >= 11 is 0. The molecule has 2 amide bonds. The summed E-state index contributed by atoms with van der Waals surface area (Å²) in [5.41, 5.74) is 0.904. The second-order valence-electron chi connectivity index (χ2n) is 4.19. The highest BCUT2D eigenvalue weighted by molar-refractivity contribution is 5.74. The summed E-state index contributed by atoms with van der Waals surface area (Å²) in [5.74, 6) is 0. The molecule has 1 aromatic rings. The number of morpholine rings is 1. The highest BCUT2D eigenvalue weighted by Gasteiger charge is 2.20. The first-order valence-electron chi connectivity index (χ1n) is 6.10. The number of urea groups is 1. The van der Waals surface area contributed by atoms with Gasteiger partial charge in [-0.05, 0) is 5.56 Å². The smallest absolute Gasteiger partial charge is 0.318 e. The SMILES string of the molecule is O=C(NC(CO)c1ccccc1)N1CCOCC1. The van der Waals surface area contributed by atoms with Gasteiger partial charge in [0.15, 0.2) is 0 Å². The fraction of sp³-hybridized carbons (Fsp3) is 0.462. The maximum absolute atomic E-state index is 12.0. The number of aliphatic hydroxyl groups is 1. The van der Waals surface area contributed by atoms with E-state index in [1.165, 1.54) is 0 Å². The van der Waals surface area contributed by atoms with E-state index < -0.39 is 0 Å². The molecule has 5 nitrogen and oxygen atoms in total. The summed E-state index contributed by atoms with van der Waals surface area (Å²) < 4.78 is 5.19. The fourth-order valence-electron chi connectivity index (χ4n) is 1.93. The minimum atomic E-state index is -0.360. The summed E-state index contributed by atoms with van der Waals surface area (Å²) in [5, 5.41) is 12.2. The molecule has 1 heterocycles. The van der Waals surface area contributed by atoms with Crippen molar-refractivity contribution in [2.45, 2.75) is 6.04 Å². The molecule has 1 saturated heterocycles. The Morgan fingerprint density at radius 1 is 1.33 bits per heavy atom. The van der Waals surface area contributed by atoms with E-state index in [2.05, 4.69) is 5.32 Å². The maximum atomic E-state index is 12.0. The summed E-state index contributed by atoms with van der Waals surface area (Å²) in [6, 6.07) is 8.95. The molecule has 1 fully saturated rings. The van der Waals surface area contributed by atoms with E-state index in [0.29, 0.717) is 26.3 Å². The van der Waals surface area contributed by atoms with Gasteiger partial charge in [0.2, 0.25) is 0 Å². The molecule has 1 unspecified atom stereocenters. The first-order valence-corrected chi connectivity index (χ1v) is 6.10. The van der Waals surface area contributed by atoms with Crippen molar-refractivity contribution in [3.05, 3.63) is 35.9 Å². The van der Waals surface area contributed by atoms with Gasteiger partial charge in [-0.15, -0.1) is 0 Å². The summed E-state index contributed by atoms with van der Waals surface area (Å²) in [4.78, 5) is 13.7. The Labute approximate surface area is 106 Å². The zero-order valence-corrected chi connectivity index (χ0v) is 10.2. The maximum Gasteiger partial charge on any atom is 0.318 e. The molecule has 0 bridgehead atoms. The van der Waals surface area contributed by atoms with Gasteiger partial charge in [0.1, 0.15) is 0 Å². The van der Waals surface area contributed by atoms with Crippen LogP contribution in [0.15, 0.2) is 30.3 Å². The number of carbonyl (C=O) groups is 1. The largest absolute Gasteiger partial charge is 0.394 e. The lowest BCUT2D eigenvalue weighted by Crippen LogP contribution is -2.47. The van der Waals surface area contributed by atoms with E-state index in [9.17, 15) is 9.90 Å².